The van der Waals surface area contributed by atoms with Crippen LogP contribution in [-0.2, 0) is 20.6 Å². The zero-order chi connectivity index (χ0) is 17.7. The van der Waals surface area contributed by atoms with Crippen LogP contribution in [0, 0.1) is 0 Å². The van der Waals surface area contributed by atoms with Crippen LogP contribution in [0.25, 0.3) is 27.5 Å². The molecule has 4 heterocycles. The van der Waals surface area contributed by atoms with Gasteiger partial charge in [-0.25, -0.2) is 4.79 Å². The quantitative estimate of drug-likeness (QED) is 0.584. The van der Waals surface area contributed by atoms with E-state index in [4.69, 9.17) is 0 Å². The van der Waals surface area contributed by atoms with E-state index in [1.807, 2.05) is 28.3 Å². The first kappa shape index (κ1) is 15.9. The average molecular weight is 359 g/mol. The Kier molecular flexibility index (Phi) is 3.62. The number of rotatable bonds is 4. The van der Waals surface area contributed by atoms with Crippen LogP contribution in [0.15, 0.2) is 33.3 Å². The second-order valence-corrected chi connectivity index (χ2v) is 6.83. The lowest BCUT2D eigenvalue weighted by Gasteiger charge is -2.06. The van der Waals surface area contributed by atoms with E-state index in [1.54, 1.807) is 22.8 Å². The summed E-state index contributed by atoms with van der Waals surface area (Å²) in [4.78, 5) is 30.4. The van der Waals surface area contributed by atoms with Gasteiger partial charge in [0, 0.05) is 33.4 Å². The molecule has 0 unspecified atom stereocenters. The number of aryl methyl sites for hydroxylation is 2. The van der Waals surface area contributed by atoms with Crippen molar-refractivity contribution in [3.05, 3.63) is 44.5 Å². The molecule has 1 N–H and O–H groups in total. The molecule has 4 aromatic heterocycles. The fraction of sp³-hybridized carbons (Fsp3) is 0.312. The van der Waals surface area contributed by atoms with Gasteiger partial charge in [0.2, 0.25) is 5.78 Å². The van der Waals surface area contributed by atoms with Gasteiger partial charge in [-0.15, -0.1) is 11.3 Å². The molecule has 0 fully saturated rings. The van der Waals surface area contributed by atoms with E-state index in [0.29, 0.717) is 29.9 Å². The van der Waals surface area contributed by atoms with Gasteiger partial charge in [-0.05, 0) is 17.9 Å². The molecule has 0 aliphatic heterocycles. The molecule has 4 rings (SSSR count). The van der Waals surface area contributed by atoms with Gasteiger partial charge in [0.25, 0.3) is 5.56 Å². The number of hydrogen-bond donors (Lipinski definition) is 1. The summed E-state index contributed by atoms with van der Waals surface area (Å²) in [5, 5.41) is 11.2. The molecule has 0 amide bonds. The van der Waals surface area contributed by atoms with Crippen molar-refractivity contribution < 1.29 is 5.11 Å². The first-order valence-corrected chi connectivity index (χ1v) is 8.74. The summed E-state index contributed by atoms with van der Waals surface area (Å²) < 4.78 is 6.19. The van der Waals surface area contributed by atoms with Crippen molar-refractivity contribution in [3.8, 4) is 10.6 Å². The molecule has 25 heavy (non-hydrogen) atoms. The van der Waals surface area contributed by atoms with Gasteiger partial charge >= 0.3 is 5.69 Å². The fourth-order valence-electron chi connectivity index (χ4n) is 3.09. The molecule has 0 aliphatic carbocycles. The van der Waals surface area contributed by atoms with Crippen molar-refractivity contribution in [2.24, 2.45) is 14.1 Å². The monoisotopic (exact) mass is 359 g/mol. The first-order valence-electron chi connectivity index (χ1n) is 7.86. The summed E-state index contributed by atoms with van der Waals surface area (Å²) in [6.07, 6.45) is 2.45. The predicted molar refractivity (Wildman–Crippen MR) is 96.2 cm³/mol. The third kappa shape index (κ3) is 2.19. The van der Waals surface area contributed by atoms with E-state index in [9.17, 15) is 14.7 Å². The highest BCUT2D eigenvalue weighted by Crippen LogP contribution is 2.28. The van der Waals surface area contributed by atoms with Crippen molar-refractivity contribution in [2.45, 2.75) is 13.0 Å². The van der Waals surface area contributed by atoms with E-state index < -0.39 is 5.69 Å². The predicted octanol–water partition coefficient (Wildman–Crippen LogP) is 0.797. The molecular formula is C16H17N5O3S. The van der Waals surface area contributed by atoms with Crippen LogP contribution in [-0.4, -0.2) is 34.8 Å². The molecule has 0 aromatic carbocycles. The fourth-order valence-corrected chi connectivity index (χ4v) is 3.83. The number of aliphatic hydroxyl groups excluding tert-OH is 1. The second-order valence-electron chi connectivity index (χ2n) is 5.88. The largest absolute Gasteiger partial charge is 0.396 e. The van der Waals surface area contributed by atoms with Gasteiger partial charge in [-0.1, -0.05) is 6.07 Å². The topological polar surface area (TPSA) is 86.5 Å². The molecule has 4 aromatic rings. The minimum Gasteiger partial charge on any atom is -0.396 e. The van der Waals surface area contributed by atoms with Gasteiger partial charge in [0.1, 0.15) is 0 Å². The normalized spacial score (nSPS) is 11.8. The molecular weight excluding hydrogens is 342 g/mol. The van der Waals surface area contributed by atoms with Crippen molar-refractivity contribution in [1.82, 2.24) is 23.1 Å². The zero-order valence-electron chi connectivity index (χ0n) is 13.8. The number of aliphatic hydroxyl groups is 1. The summed E-state index contributed by atoms with van der Waals surface area (Å²) in [5.41, 5.74) is 0.892. The summed E-state index contributed by atoms with van der Waals surface area (Å²) in [5.74, 6) is 0.588. The van der Waals surface area contributed by atoms with Crippen molar-refractivity contribution in [1.29, 1.82) is 0 Å². The highest BCUT2D eigenvalue weighted by Gasteiger charge is 2.20. The Morgan fingerprint density at radius 2 is 2.04 bits per heavy atom. The van der Waals surface area contributed by atoms with Crippen LogP contribution < -0.4 is 11.2 Å². The summed E-state index contributed by atoms with van der Waals surface area (Å²) in [7, 11) is 3.07. The van der Waals surface area contributed by atoms with Crippen LogP contribution in [0.5, 0.6) is 0 Å². The smallest absolute Gasteiger partial charge is 0.332 e. The Morgan fingerprint density at radius 3 is 2.72 bits per heavy atom. The number of fused-ring (bicyclic) bond motifs is 3. The summed E-state index contributed by atoms with van der Waals surface area (Å²) >= 11 is 1.60. The average Bonchev–Trinajstić information content (AvgIpc) is 3.31. The molecule has 0 saturated heterocycles. The lowest BCUT2D eigenvalue weighted by atomic mass is 10.3. The van der Waals surface area contributed by atoms with Crippen molar-refractivity contribution in [2.75, 3.05) is 6.61 Å². The highest BCUT2D eigenvalue weighted by molar-refractivity contribution is 7.13. The van der Waals surface area contributed by atoms with Crippen LogP contribution in [0.1, 0.15) is 6.42 Å². The minimum absolute atomic E-state index is 0.0642. The number of aromatic nitrogens is 5. The SMILES string of the molecule is Cn1c(=O)c2c(nc3n(CCCO)c(-c4cccs4)cn23)n(C)c1=O. The Labute approximate surface area is 145 Å². The van der Waals surface area contributed by atoms with Gasteiger partial charge in [0.05, 0.1) is 10.6 Å². The number of nitrogens with zero attached hydrogens (tertiary/aromatic N) is 5. The van der Waals surface area contributed by atoms with Crippen LogP contribution in [0.2, 0.25) is 0 Å². The highest BCUT2D eigenvalue weighted by atomic mass is 32.1. The van der Waals surface area contributed by atoms with E-state index in [2.05, 4.69) is 4.98 Å². The Morgan fingerprint density at radius 1 is 1.24 bits per heavy atom. The molecule has 0 saturated carbocycles. The van der Waals surface area contributed by atoms with Crippen molar-refractivity contribution in [3.63, 3.8) is 0 Å². The molecule has 9 heteroatoms. The molecule has 0 bridgehead atoms. The van der Waals surface area contributed by atoms with E-state index in [-0.39, 0.29) is 12.2 Å². The van der Waals surface area contributed by atoms with E-state index in [1.165, 1.54) is 11.6 Å². The maximum atomic E-state index is 12.6. The number of thiophene rings is 1. The van der Waals surface area contributed by atoms with E-state index in [0.717, 1.165) is 15.1 Å². The number of hydrogen-bond acceptors (Lipinski definition) is 5. The molecule has 130 valence electrons. The lowest BCUT2D eigenvalue weighted by molar-refractivity contribution is 0.280. The van der Waals surface area contributed by atoms with Gasteiger partial charge in [-0.2, -0.15) is 4.98 Å². The molecule has 0 aliphatic rings. The summed E-state index contributed by atoms with van der Waals surface area (Å²) in [6, 6.07) is 3.97. The van der Waals surface area contributed by atoms with Gasteiger partial charge in [-0.3, -0.25) is 18.3 Å². The third-order valence-electron chi connectivity index (χ3n) is 4.37. The maximum absolute atomic E-state index is 12.6. The van der Waals surface area contributed by atoms with Gasteiger partial charge < -0.3 is 9.67 Å². The second kappa shape index (κ2) is 5.71. The Balaban J connectivity index is 2.13. The first-order chi connectivity index (χ1) is 12.0. The molecule has 0 spiro atoms. The lowest BCUT2D eigenvalue weighted by Crippen LogP contribution is -2.37. The molecule has 8 nitrogen and oxygen atoms in total. The Bertz CT molecular complexity index is 1190. The standard InChI is InChI=1S/C16H17N5O3S/c1-18-13-12(14(23)19(2)16(18)24)21-9-10(11-5-3-8-25-11)20(6-4-7-22)15(21)17-13/h3,5,8-9,22H,4,6-7H2,1-2H3. The minimum atomic E-state index is -0.404. The maximum Gasteiger partial charge on any atom is 0.332 e. The third-order valence-corrected chi connectivity index (χ3v) is 5.26. The molecule has 0 atom stereocenters. The van der Waals surface area contributed by atoms with Crippen LogP contribution in [0.4, 0.5) is 0 Å². The zero-order valence-corrected chi connectivity index (χ0v) is 14.7. The molecule has 0 radical (unpaired) electrons. The van der Waals surface area contributed by atoms with Crippen LogP contribution >= 0.6 is 11.3 Å². The summed E-state index contributed by atoms with van der Waals surface area (Å²) in [6.45, 7) is 0.631. The number of imidazole rings is 2. The van der Waals surface area contributed by atoms with Gasteiger partial charge in [0.15, 0.2) is 11.2 Å². The van der Waals surface area contributed by atoms with E-state index >= 15 is 0 Å². The van der Waals surface area contributed by atoms with Crippen molar-refractivity contribution >= 4 is 28.3 Å². The van der Waals surface area contributed by atoms with Crippen LogP contribution in [0.3, 0.4) is 0 Å². The Hall–Kier alpha value is -2.65.